The van der Waals surface area contributed by atoms with Gasteiger partial charge in [0.25, 0.3) is 5.91 Å². The van der Waals surface area contributed by atoms with E-state index in [2.05, 4.69) is 5.32 Å². The van der Waals surface area contributed by atoms with Gasteiger partial charge in [-0.25, -0.2) is 13.2 Å². The van der Waals surface area contributed by atoms with Crippen molar-refractivity contribution in [3.63, 3.8) is 0 Å². The standard InChI is InChI=1S/C25H33N3O8S2/c1-5-36-25(31)22-20-10-11-27(17(2)29)16-21(20)37-24(22)26-23(30)18-6-8-19(9-7-18)38(32,33)28(12-14-34-3)13-15-35-4/h6-9H,5,10-16H2,1-4H3,(H,26,30). The number of nitrogens with zero attached hydrogens (tertiary/aromatic N) is 2. The Kier molecular flexibility index (Phi) is 10.4. The molecule has 13 heteroatoms. The van der Waals surface area contributed by atoms with Crippen molar-refractivity contribution in [2.75, 3.05) is 59.0 Å². The third-order valence-electron chi connectivity index (χ3n) is 6.05. The molecule has 0 aliphatic carbocycles. The van der Waals surface area contributed by atoms with Gasteiger partial charge in [0.15, 0.2) is 0 Å². The van der Waals surface area contributed by atoms with E-state index >= 15 is 0 Å². The van der Waals surface area contributed by atoms with E-state index in [4.69, 9.17) is 14.2 Å². The number of amides is 2. The number of methoxy groups -OCH3 is 2. The van der Waals surface area contributed by atoms with E-state index in [1.165, 1.54) is 61.1 Å². The summed E-state index contributed by atoms with van der Waals surface area (Å²) >= 11 is 1.23. The number of sulfonamides is 1. The Hall–Kier alpha value is -2.84. The molecule has 2 aromatic rings. The fraction of sp³-hybridized carbons (Fsp3) is 0.480. The average Bonchev–Trinajstić information content (AvgIpc) is 3.25. The zero-order chi connectivity index (χ0) is 27.9. The van der Waals surface area contributed by atoms with Gasteiger partial charge in [0.2, 0.25) is 15.9 Å². The molecule has 0 unspecified atom stereocenters. The van der Waals surface area contributed by atoms with Crippen LogP contribution in [0.4, 0.5) is 5.00 Å². The van der Waals surface area contributed by atoms with Crippen molar-refractivity contribution in [2.45, 2.75) is 31.7 Å². The van der Waals surface area contributed by atoms with Gasteiger partial charge in [-0.1, -0.05) is 0 Å². The van der Waals surface area contributed by atoms with Crippen LogP contribution in [0, 0.1) is 0 Å². The van der Waals surface area contributed by atoms with Gasteiger partial charge < -0.3 is 24.4 Å². The molecular weight excluding hydrogens is 534 g/mol. The van der Waals surface area contributed by atoms with Crippen LogP contribution in [-0.4, -0.2) is 89.1 Å². The third-order valence-corrected chi connectivity index (χ3v) is 9.10. The van der Waals surface area contributed by atoms with Gasteiger partial charge >= 0.3 is 5.97 Å². The van der Waals surface area contributed by atoms with E-state index < -0.39 is 21.9 Å². The third kappa shape index (κ3) is 6.77. The van der Waals surface area contributed by atoms with Crippen LogP contribution in [0.5, 0.6) is 0 Å². The molecule has 1 aromatic carbocycles. The summed E-state index contributed by atoms with van der Waals surface area (Å²) in [5.74, 6) is -1.10. The second kappa shape index (κ2) is 13.3. The van der Waals surface area contributed by atoms with Gasteiger partial charge in [0, 0.05) is 51.2 Å². The molecule has 38 heavy (non-hydrogen) atoms. The van der Waals surface area contributed by atoms with Gasteiger partial charge in [-0.3, -0.25) is 9.59 Å². The molecule has 3 rings (SSSR count). The van der Waals surface area contributed by atoms with Crippen LogP contribution in [0.3, 0.4) is 0 Å². The number of anilines is 1. The molecule has 1 aliphatic rings. The molecule has 0 radical (unpaired) electrons. The lowest BCUT2D eigenvalue weighted by molar-refractivity contribution is -0.129. The molecule has 0 spiro atoms. The van der Waals surface area contributed by atoms with Crippen LogP contribution < -0.4 is 5.32 Å². The maximum absolute atomic E-state index is 13.1. The first kappa shape index (κ1) is 29.7. The first-order valence-electron chi connectivity index (χ1n) is 12.1. The first-order valence-corrected chi connectivity index (χ1v) is 14.4. The number of carbonyl (C=O) groups is 3. The van der Waals surface area contributed by atoms with Crippen molar-refractivity contribution in [1.29, 1.82) is 0 Å². The fourth-order valence-electron chi connectivity index (χ4n) is 4.02. The monoisotopic (exact) mass is 567 g/mol. The summed E-state index contributed by atoms with van der Waals surface area (Å²) in [5.41, 5.74) is 1.29. The molecule has 1 aromatic heterocycles. The molecule has 208 valence electrons. The van der Waals surface area contributed by atoms with Crippen molar-refractivity contribution < 1.29 is 37.0 Å². The Bertz CT molecular complexity index is 1250. The average molecular weight is 568 g/mol. The van der Waals surface area contributed by atoms with Crippen LogP contribution in [0.2, 0.25) is 0 Å². The maximum atomic E-state index is 13.1. The molecule has 0 fully saturated rings. The number of ether oxygens (including phenoxy) is 3. The highest BCUT2D eigenvalue weighted by atomic mass is 32.2. The maximum Gasteiger partial charge on any atom is 0.341 e. The van der Waals surface area contributed by atoms with Crippen LogP contribution in [-0.2, 0) is 42.0 Å². The minimum absolute atomic E-state index is 0.0318. The molecule has 1 N–H and O–H groups in total. The Morgan fingerprint density at radius 1 is 1.08 bits per heavy atom. The molecular formula is C25H33N3O8S2. The smallest absolute Gasteiger partial charge is 0.341 e. The fourth-order valence-corrected chi connectivity index (χ4v) is 6.67. The lowest BCUT2D eigenvalue weighted by Crippen LogP contribution is -2.36. The zero-order valence-corrected chi connectivity index (χ0v) is 23.6. The van der Waals surface area contributed by atoms with Crippen molar-refractivity contribution in [1.82, 2.24) is 9.21 Å². The number of hydrogen-bond acceptors (Lipinski definition) is 9. The minimum Gasteiger partial charge on any atom is -0.462 e. The molecule has 1 aliphatic heterocycles. The van der Waals surface area contributed by atoms with Crippen molar-refractivity contribution >= 4 is 44.1 Å². The Morgan fingerprint density at radius 3 is 2.26 bits per heavy atom. The molecule has 2 heterocycles. The molecule has 2 amide bonds. The highest BCUT2D eigenvalue weighted by molar-refractivity contribution is 7.89. The quantitative estimate of drug-likeness (QED) is 0.387. The normalized spacial score (nSPS) is 13.3. The van der Waals surface area contributed by atoms with E-state index in [0.717, 1.165) is 10.4 Å². The van der Waals surface area contributed by atoms with E-state index in [9.17, 15) is 22.8 Å². The minimum atomic E-state index is -3.84. The second-order valence-electron chi connectivity index (χ2n) is 8.49. The zero-order valence-electron chi connectivity index (χ0n) is 21.9. The predicted octanol–water partition coefficient (Wildman–Crippen LogP) is 2.37. The van der Waals surface area contributed by atoms with Crippen molar-refractivity contribution in [2.24, 2.45) is 0 Å². The summed E-state index contributed by atoms with van der Waals surface area (Å²) in [6.45, 7) is 4.96. The van der Waals surface area contributed by atoms with Crippen LogP contribution >= 0.6 is 11.3 Å². The van der Waals surface area contributed by atoms with E-state index in [1.54, 1.807) is 11.8 Å². The van der Waals surface area contributed by atoms with Gasteiger partial charge in [-0.2, -0.15) is 4.31 Å². The first-order chi connectivity index (χ1) is 18.1. The van der Waals surface area contributed by atoms with Crippen LogP contribution in [0.15, 0.2) is 29.2 Å². The number of esters is 1. The summed E-state index contributed by atoms with van der Waals surface area (Å²) in [6.07, 6.45) is 0.477. The van der Waals surface area contributed by atoms with E-state index in [-0.39, 0.29) is 49.3 Å². The number of thiophene rings is 1. The molecule has 11 nitrogen and oxygen atoms in total. The summed E-state index contributed by atoms with van der Waals surface area (Å²) in [6, 6.07) is 5.57. The van der Waals surface area contributed by atoms with Gasteiger partial charge in [0.05, 0.1) is 36.8 Å². The Balaban J connectivity index is 1.84. The topological polar surface area (TPSA) is 132 Å². The molecule has 0 saturated heterocycles. The van der Waals surface area contributed by atoms with Gasteiger partial charge in [-0.05, 0) is 43.2 Å². The van der Waals surface area contributed by atoms with Crippen molar-refractivity contribution in [3.05, 3.63) is 45.8 Å². The van der Waals surface area contributed by atoms with Gasteiger partial charge in [0.1, 0.15) is 5.00 Å². The summed E-state index contributed by atoms with van der Waals surface area (Å²) in [7, 11) is -0.853. The number of carbonyl (C=O) groups excluding carboxylic acids is 3. The number of hydrogen-bond donors (Lipinski definition) is 1. The van der Waals surface area contributed by atoms with Crippen LogP contribution in [0.25, 0.3) is 0 Å². The number of benzene rings is 1. The lowest BCUT2D eigenvalue weighted by Gasteiger charge is -2.25. The van der Waals surface area contributed by atoms with Crippen LogP contribution in [0.1, 0.15) is 45.0 Å². The van der Waals surface area contributed by atoms with Crippen molar-refractivity contribution in [3.8, 4) is 0 Å². The highest BCUT2D eigenvalue weighted by Gasteiger charge is 2.30. The summed E-state index contributed by atoms with van der Waals surface area (Å²) < 4.78 is 42.8. The summed E-state index contributed by atoms with van der Waals surface area (Å²) in [5, 5.41) is 3.13. The second-order valence-corrected chi connectivity index (χ2v) is 11.5. The number of nitrogens with one attached hydrogen (secondary N) is 1. The molecule has 0 bridgehead atoms. The Morgan fingerprint density at radius 2 is 1.71 bits per heavy atom. The SMILES string of the molecule is CCOC(=O)c1c(NC(=O)c2ccc(S(=O)(=O)N(CCOC)CCOC)cc2)sc2c1CCN(C(C)=O)C2. The predicted molar refractivity (Wildman–Crippen MR) is 142 cm³/mol. The highest BCUT2D eigenvalue weighted by Crippen LogP contribution is 2.38. The van der Waals surface area contributed by atoms with Gasteiger partial charge in [-0.15, -0.1) is 11.3 Å². The number of fused-ring (bicyclic) bond motifs is 1. The van der Waals surface area contributed by atoms with E-state index in [1.807, 2.05) is 0 Å². The Labute approximate surface area is 226 Å². The lowest BCUT2D eigenvalue weighted by atomic mass is 10.0. The van der Waals surface area contributed by atoms with E-state index in [0.29, 0.717) is 30.1 Å². The largest absolute Gasteiger partial charge is 0.462 e. The number of rotatable bonds is 12. The molecule has 0 saturated carbocycles. The molecule has 0 atom stereocenters. The summed E-state index contributed by atoms with van der Waals surface area (Å²) in [4.78, 5) is 40.2.